The molecule has 2 amide bonds. The number of ether oxygens (including phenoxy) is 1. The van der Waals surface area contributed by atoms with Crippen LogP contribution >= 0.6 is 0 Å². The van der Waals surface area contributed by atoms with E-state index in [1.54, 1.807) is 7.05 Å². The van der Waals surface area contributed by atoms with E-state index >= 15 is 0 Å². The molecule has 0 heterocycles. The molecular weight excluding hydrogens is 370 g/mol. The minimum Gasteiger partial charge on any atom is -0.444 e. The summed E-state index contributed by atoms with van der Waals surface area (Å²) in [4.78, 5) is 28.3. The Kier molecular flexibility index (Phi) is 8.94. The lowest BCUT2D eigenvalue weighted by Crippen LogP contribution is -2.54. The quantitative estimate of drug-likeness (QED) is 0.412. The number of guanidine groups is 1. The van der Waals surface area contributed by atoms with Gasteiger partial charge in [0, 0.05) is 19.3 Å². The molecular formula is C21H35N5O3. The lowest BCUT2D eigenvalue weighted by atomic mass is 10.1. The SMILES string of the molecule is CCc1cccc(NC(=O)CNC(=NC)NCC(C)(C)NC(=O)OC(C)(C)C)c1. The van der Waals surface area contributed by atoms with Gasteiger partial charge in [0.15, 0.2) is 5.96 Å². The van der Waals surface area contributed by atoms with Crippen molar-refractivity contribution in [3.8, 4) is 0 Å². The zero-order valence-electron chi connectivity index (χ0n) is 18.6. The van der Waals surface area contributed by atoms with Crippen molar-refractivity contribution in [1.29, 1.82) is 0 Å². The van der Waals surface area contributed by atoms with Gasteiger partial charge >= 0.3 is 6.09 Å². The van der Waals surface area contributed by atoms with E-state index in [-0.39, 0.29) is 12.5 Å². The maximum absolute atomic E-state index is 12.2. The second-order valence-corrected chi connectivity index (χ2v) is 8.39. The van der Waals surface area contributed by atoms with Crippen molar-refractivity contribution in [3.05, 3.63) is 29.8 Å². The number of anilines is 1. The standard InChI is InChI=1S/C21H35N5O3/c1-8-15-10-9-11-16(12-15)25-17(27)13-23-18(22-7)24-14-21(5,6)26-19(28)29-20(2,3)4/h9-12H,8,13-14H2,1-7H3,(H,25,27)(H,26,28)(H2,22,23,24). The van der Waals surface area contributed by atoms with Crippen LogP contribution in [0.15, 0.2) is 29.3 Å². The van der Waals surface area contributed by atoms with Crippen LogP contribution in [-0.4, -0.2) is 49.2 Å². The first-order chi connectivity index (χ1) is 13.4. The number of amides is 2. The summed E-state index contributed by atoms with van der Waals surface area (Å²) >= 11 is 0. The van der Waals surface area contributed by atoms with Crippen molar-refractivity contribution in [2.45, 2.75) is 59.1 Å². The highest BCUT2D eigenvalue weighted by molar-refractivity contribution is 5.95. The van der Waals surface area contributed by atoms with E-state index in [4.69, 9.17) is 4.74 Å². The number of benzene rings is 1. The number of rotatable bonds is 7. The van der Waals surface area contributed by atoms with Gasteiger partial charge in [-0.1, -0.05) is 19.1 Å². The average Bonchev–Trinajstić information content (AvgIpc) is 2.59. The molecule has 8 heteroatoms. The van der Waals surface area contributed by atoms with Crippen LogP contribution in [0.5, 0.6) is 0 Å². The summed E-state index contributed by atoms with van der Waals surface area (Å²) in [5, 5.41) is 11.7. The molecule has 0 spiro atoms. The van der Waals surface area contributed by atoms with Gasteiger partial charge < -0.3 is 26.0 Å². The van der Waals surface area contributed by atoms with Crippen LogP contribution < -0.4 is 21.3 Å². The van der Waals surface area contributed by atoms with Crippen molar-refractivity contribution in [1.82, 2.24) is 16.0 Å². The molecule has 0 aliphatic rings. The first kappa shape index (κ1) is 24.3. The van der Waals surface area contributed by atoms with Crippen LogP contribution in [0.2, 0.25) is 0 Å². The Morgan fingerprint density at radius 2 is 1.79 bits per heavy atom. The number of nitrogens with zero attached hydrogens (tertiary/aromatic N) is 1. The van der Waals surface area contributed by atoms with Gasteiger partial charge in [-0.15, -0.1) is 0 Å². The summed E-state index contributed by atoms with van der Waals surface area (Å²) in [5.74, 6) is 0.286. The van der Waals surface area contributed by atoms with Gasteiger partial charge in [-0.3, -0.25) is 9.79 Å². The predicted octanol–water partition coefficient (Wildman–Crippen LogP) is 2.66. The van der Waals surface area contributed by atoms with Gasteiger partial charge in [-0.25, -0.2) is 4.79 Å². The second-order valence-electron chi connectivity index (χ2n) is 8.39. The topological polar surface area (TPSA) is 104 Å². The number of aryl methyl sites for hydroxylation is 1. The van der Waals surface area contributed by atoms with Gasteiger partial charge in [0.2, 0.25) is 5.91 Å². The highest BCUT2D eigenvalue weighted by atomic mass is 16.6. The number of carbonyl (C=O) groups excluding carboxylic acids is 2. The van der Waals surface area contributed by atoms with Crippen molar-refractivity contribution >= 4 is 23.6 Å². The molecule has 162 valence electrons. The lowest BCUT2D eigenvalue weighted by Gasteiger charge is -2.29. The molecule has 0 atom stereocenters. The highest BCUT2D eigenvalue weighted by Gasteiger charge is 2.24. The zero-order chi connectivity index (χ0) is 22.1. The molecule has 8 nitrogen and oxygen atoms in total. The van der Waals surface area contributed by atoms with E-state index in [2.05, 4.69) is 33.2 Å². The van der Waals surface area contributed by atoms with E-state index in [1.165, 1.54) is 0 Å². The molecule has 1 aromatic rings. The Bertz CT molecular complexity index is 723. The van der Waals surface area contributed by atoms with Crippen LogP contribution in [0, 0.1) is 0 Å². The number of hydrogen-bond donors (Lipinski definition) is 4. The average molecular weight is 406 g/mol. The predicted molar refractivity (Wildman–Crippen MR) is 117 cm³/mol. The Labute approximate surface area is 173 Å². The van der Waals surface area contributed by atoms with Gasteiger partial charge in [-0.05, 0) is 58.7 Å². The van der Waals surface area contributed by atoms with E-state index in [0.717, 1.165) is 17.7 Å². The van der Waals surface area contributed by atoms with Gasteiger partial charge in [0.05, 0.1) is 12.1 Å². The largest absolute Gasteiger partial charge is 0.444 e. The molecule has 1 rings (SSSR count). The Morgan fingerprint density at radius 1 is 1.10 bits per heavy atom. The first-order valence-electron chi connectivity index (χ1n) is 9.78. The van der Waals surface area contributed by atoms with Crippen LogP contribution in [0.1, 0.15) is 47.1 Å². The first-order valence-corrected chi connectivity index (χ1v) is 9.78. The Hall–Kier alpha value is -2.77. The third-order valence-corrected chi connectivity index (χ3v) is 3.80. The maximum Gasteiger partial charge on any atom is 0.408 e. The van der Waals surface area contributed by atoms with E-state index in [1.807, 2.05) is 58.9 Å². The van der Waals surface area contributed by atoms with Crippen LogP contribution in [0.3, 0.4) is 0 Å². The summed E-state index contributed by atoms with van der Waals surface area (Å²) in [7, 11) is 1.62. The van der Waals surface area contributed by atoms with Crippen molar-refractivity contribution < 1.29 is 14.3 Å². The maximum atomic E-state index is 12.2. The van der Waals surface area contributed by atoms with E-state index < -0.39 is 17.2 Å². The molecule has 0 bridgehead atoms. The molecule has 0 aromatic heterocycles. The van der Waals surface area contributed by atoms with Crippen LogP contribution in [-0.2, 0) is 16.0 Å². The third-order valence-electron chi connectivity index (χ3n) is 3.80. The summed E-state index contributed by atoms with van der Waals surface area (Å²) in [5.41, 5.74) is 0.785. The van der Waals surface area contributed by atoms with E-state index in [0.29, 0.717) is 12.5 Å². The number of carbonyl (C=O) groups is 2. The molecule has 0 saturated carbocycles. The molecule has 0 saturated heterocycles. The molecule has 0 aliphatic heterocycles. The second kappa shape index (κ2) is 10.7. The minimum absolute atomic E-state index is 0.0654. The number of aliphatic imine (C=N–C) groups is 1. The highest BCUT2D eigenvalue weighted by Crippen LogP contribution is 2.11. The molecule has 1 aromatic carbocycles. The number of nitrogens with one attached hydrogen (secondary N) is 4. The number of hydrogen-bond acceptors (Lipinski definition) is 4. The minimum atomic E-state index is -0.581. The molecule has 0 radical (unpaired) electrons. The fourth-order valence-electron chi connectivity index (χ4n) is 2.39. The van der Waals surface area contributed by atoms with Gasteiger partial charge in [-0.2, -0.15) is 0 Å². The lowest BCUT2D eigenvalue weighted by molar-refractivity contribution is -0.115. The van der Waals surface area contributed by atoms with Gasteiger partial charge in [0.25, 0.3) is 0 Å². The summed E-state index contributed by atoms with van der Waals surface area (Å²) in [6.45, 7) is 11.7. The summed E-state index contributed by atoms with van der Waals surface area (Å²) in [6, 6.07) is 7.75. The Balaban J connectivity index is 2.47. The van der Waals surface area contributed by atoms with Crippen molar-refractivity contribution in [3.63, 3.8) is 0 Å². The zero-order valence-corrected chi connectivity index (χ0v) is 18.6. The Morgan fingerprint density at radius 3 is 2.38 bits per heavy atom. The summed E-state index contributed by atoms with van der Waals surface area (Å²) < 4.78 is 5.28. The normalized spacial score (nSPS) is 12.2. The van der Waals surface area contributed by atoms with Crippen molar-refractivity contribution in [2.24, 2.45) is 4.99 Å². The monoisotopic (exact) mass is 405 g/mol. The van der Waals surface area contributed by atoms with Crippen LogP contribution in [0.4, 0.5) is 10.5 Å². The van der Waals surface area contributed by atoms with Gasteiger partial charge in [0.1, 0.15) is 5.60 Å². The molecule has 29 heavy (non-hydrogen) atoms. The molecule has 0 aliphatic carbocycles. The third kappa shape index (κ3) is 10.4. The number of alkyl carbamates (subject to hydrolysis) is 1. The van der Waals surface area contributed by atoms with E-state index in [9.17, 15) is 9.59 Å². The fourth-order valence-corrected chi connectivity index (χ4v) is 2.39. The van der Waals surface area contributed by atoms with Crippen LogP contribution in [0.25, 0.3) is 0 Å². The molecule has 4 N–H and O–H groups in total. The smallest absolute Gasteiger partial charge is 0.408 e. The molecule has 0 unspecified atom stereocenters. The van der Waals surface area contributed by atoms with Crippen molar-refractivity contribution in [2.75, 3.05) is 25.5 Å². The summed E-state index contributed by atoms with van der Waals surface area (Å²) in [6.07, 6.45) is 0.423. The fraction of sp³-hybridized carbons (Fsp3) is 0.571. The molecule has 0 fully saturated rings.